The van der Waals surface area contributed by atoms with E-state index in [0.717, 1.165) is 57.8 Å². The van der Waals surface area contributed by atoms with Gasteiger partial charge in [-0.25, -0.2) is 0 Å². The van der Waals surface area contributed by atoms with Gasteiger partial charge < -0.3 is 14.2 Å². The van der Waals surface area contributed by atoms with Gasteiger partial charge in [-0.2, -0.15) is 0 Å². The minimum absolute atomic E-state index is 0.0645. The molecule has 426 valence electrons. The molecule has 0 spiro atoms. The van der Waals surface area contributed by atoms with Crippen LogP contribution in [0.2, 0.25) is 0 Å². The number of rotatable bonds is 61. The van der Waals surface area contributed by atoms with Crippen molar-refractivity contribution < 1.29 is 28.6 Å². The van der Waals surface area contributed by atoms with Crippen LogP contribution in [0.15, 0.2) is 12.2 Å². The van der Waals surface area contributed by atoms with E-state index in [-0.39, 0.29) is 31.1 Å². The molecule has 0 bridgehead atoms. The van der Waals surface area contributed by atoms with Crippen molar-refractivity contribution in [1.29, 1.82) is 0 Å². The smallest absolute Gasteiger partial charge is 0.306 e. The Bertz CT molecular complexity index is 1120. The van der Waals surface area contributed by atoms with Crippen molar-refractivity contribution in [3.63, 3.8) is 0 Å². The molecule has 0 aliphatic heterocycles. The molecule has 0 aromatic heterocycles. The lowest BCUT2D eigenvalue weighted by Crippen LogP contribution is -2.30. The quantitative estimate of drug-likeness (QED) is 0.0261. The average molecular weight is 1020 g/mol. The Morgan fingerprint density at radius 2 is 0.458 bits per heavy atom. The van der Waals surface area contributed by atoms with Gasteiger partial charge in [0.15, 0.2) is 6.10 Å². The van der Waals surface area contributed by atoms with E-state index in [1.807, 2.05) is 0 Å². The van der Waals surface area contributed by atoms with E-state index >= 15 is 0 Å². The molecule has 0 aliphatic rings. The summed E-state index contributed by atoms with van der Waals surface area (Å²) in [7, 11) is 0. The number of allylic oxidation sites excluding steroid dienone is 2. The van der Waals surface area contributed by atoms with Crippen LogP contribution in [0.25, 0.3) is 0 Å². The van der Waals surface area contributed by atoms with Gasteiger partial charge in [-0.3, -0.25) is 14.4 Å². The first kappa shape index (κ1) is 70.1. The van der Waals surface area contributed by atoms with Crippen LogP contribution in [0.5, 0.6) is 0 Å². The molecule has 0 saturated heterocycles. The molecular formula is C66H126O6. The van der Waals surface area contributed by atoms with Crippen molar-refractivity contribution >= 4 is 17.9 Å². The molecule has 0 amide bonds. The maximum Gasteiger partial charge on any atom is 0.306 e. The molecule has 6 nitrogen and oxygen atoms in total. The first-order chi connectivity index (χ1) is 35.5. The number of hydrogen-bond acceptors (Lipinski definition) is 6. The zero-order valence-electron chi connectivity index (χ0n) is 49.0. The second-order valence-electron chi connectivity index (χ2n) is 22.4. The fourth-order valence-electron chi connectivity index (χ4n) is 10.1. The van der Waals surface area contributed by atoms with E-state index < -0.39 is 6.10 Å². The topological polar surface area (TPSA) is 78.9 Å². The SMILES string of the molecule is CCCCCCCCCC/C=C\CCCCCCCCCC(=O)OCC(COC(=O)CCCCCCCCCCCCCCCCCC)OC(=O)CCCCCCCCCCCCCCCCCCCCC. The van der Waals surface area contributed by atoms with Crippen molar-refractivity contribution in [2.45, 2.75) is 380 Å². The van der Waals surface area contributed by atoms with E-state index in [0.29, 0.717) is 19.3 Å². The van der Waals surface area contributed by atoms with Crippen LogP contribution < -0.4 is 0 Å². The van der Waals surface area contributed by atoms with Gasteiger partial charge in [-0.15, -0.1) is 0 Å². The predicted octanol–water partition coefficient (Wildman–Crippen LogP) is 22.1. The molecule has 0 saturated carbocycles. The van der Waals surface area contributed by atoms with Crippen LogP contribution >= 0.6 is 0 Å². The second-order valence-corrected chi connectivity index (χ2v) is 22.4. The fraction of sp³-hybridized carbons (Fsp3) is 0.924. The maximum atomic E-state index is 12.9. The van der Waals surface area contributed by atoms with Gasteiger partial charge in [0.1, 0.15) is 13.2 Å². The summed E-state index contributed by atoms with van der Waals surface area (Å²) in [5, 5.41) is 0. The predicted molar refractivity (Wildman–Crippen MR) is 312 cm³/mol. The number of esters is 3. The lowest BCUT2D eigenvalue weighted by Gasteiger charge is -2.18. The lowest BCUT2D eigenvalue weighted by atomic mass is 10.0. The highest BCUT2D eigenvalue weighted by Crippen LogP contribution is 2.18. The third kappa shape index (κ3) is 59.0. The molecule has 72 heavy (non-hydrogen) atoms. The molecule has 0 radical (unpaired) electrons. The van der Waals surface area contributed by atoms with Crippen molar-refractivity contribution in [2.24, 2.45) is 0 Å². The Morgan fingerprint density at radius 1 is 0.264 bits per heavy atom. The van der Waals surface area contributed by atoms with Crippen molar-refractivity contribution in [1.82, 2.24) is 0 Å². The van der Waals surface area contributed by atoms with Crippen LogP contribution in [-0.2, 0) is 28.6 Å². The number of ether oxygens (including phenoxy) is 3. The third-order valence-electron chi connectivity index (χ3n) is 15.0. The summed E-state index contributed by atoms with van der Waals surface area (Å²) in [6.45, 7) is 6.72. The van der Waals surface area contributed by atoms with Gasteiger partial charge in [0.25, 0.3) is 0 Å². The minimum atomic E-state index is -0.767. The van der Waals surface area contributed by atoms with Crippen molar-refractivity contribution in [2.75, 3.05) is 13.2 Å². The van der Waals surface area contributed by atoms with Gasteiger partial charge in [0.05, 0.1) is 0 Å². The monoisotopic (exact) mass is 1010 g/mol. The highest BCUT2D eigenvalue weighted by molar-refractivity contribution is 5.71. The number of hydrogen-bond donors (Lipinski definition) is 0. The Balaban J connectivity index is 4.30. The van der Waals surface area contributed by atoms with E-state index in [4.69, 9.17) is 14.2 Å². The third-order valence-corrected chi connectivity index (χ3v) is 15.0. The Labute approximate surface area is 450 Å². The second kappa shape index (κ2) is 61.7. The lowest BCUT2D eigenvalue weighted by molar-refractivity contribution is -0.167. The van der Waals surface area contributed by atoms with Gasteiger partial charge in [0, 0.05) is 19.3 Å². The molecule has 1 atom stereocenters. The molecule has 6 heteroatoms. The van der Waals surface area contributed by atoms with E-state index in [1.165, 1.54) is 276 Å². The van der Waals surface area contributed by atoms with Crippen LogP contribution in [0.4, 0.5) is 0 Å². The molecule has 1 unspecified atom stereocenters. The summed E-state index contributed by atoms with van der Waals surface area (Å²) in [5.74, 6) is -0.836. The Morgan fingerprint density at radius 3 is 0.694 bits per heavy atom. The summed E-state index contributed by atoms with van der Waals surface area (Å²) in [6, 6.07) is 0. The van der Waals surface area contributed by atoms with Crippen LogP contribution in [0.3, 0.4) is 0 Å². The van der Waals surface area contributed by atoms with E-state index in [2.05, 4.69) is 32.9 Å². The van der Waals surface area contributed by atoms with E-state index in [1.54, 1.807) is 0 Å². The standard InChI is InChI=1S/C66H126O6/c1-4-7-10-13-16-19-22-25-28-31-33-35-38-41-44-47-50-53-56-59-65(68)71-62-63(61-70-64(67)58-55-52-49-46-43-40-37-30-27-24-21-18-15-12-9-6-3)72-66(69)60-57-54-51-48-45-42-39-36-34-32-29-26-23-20-17-14-11-8-5-2/h31,33,63H,4-30,32,34-62H2,1-3H3/b33-31-. The number of carbonyl (C=O) groups excluding carboxylic acids is 3. The van der Waals surface area contributed by atoms with Gasteiger partial charge >= 0.3 is 17.9 Å². The number of unbranched alkanes of at least 4 members (excludes halogenated alkanes) is 48. The molecular weight excluding hydrogens is 889 g/mol. The zero-order valence-corrected chi connectivity index (χ0v) is 49.0. The highest BCUT2D eigenvalue weighted by Gasteiger charge is 2.19. The summed E-state index contributed by atoms with van der Waals surface area (Å²) in [6.07, 6.45) is 72.1. The summed E-state index contributed by atoms with van der Waals surface area (Å²) < 4.78 is 17.0. The maximum absolute atomic E-state index is 12.9. The normalized spacial score (nSPS) is 12.0. The Kier molecular flexibility index (Phi) is 60.1. The molecule has 0 heterocycles. The zero-order chi connectivity index (χ0) is 52.2. The summed E-state index contributed by atoms with van der Waals surface area (Å²) >= 11 is 0. The highest BCUT2D eigenvalue weighted by atomic mass is 16.6. The molecule has 0 rings (SSSR count). The fourth-order valence-corrected chi connectivity index (χ4v) is 10.1. The Hall–Kier alpha value is -1.85. The largest absolute Gasteiger partial charge is 0.462 e. The van der Waals surface area contributed by atoms with Gasteiger partial charge in [-0.1, -0.05) is 322 Å². The van der Waals surface area contributed by atoms with Crippen molar-refractivity contribution in [3.8, 4) is 0 Å². The van der Waals surface area contributed by atoms with Crippen LogP contribution in [0.1, 0.15) is 374 Å². The first-order valence-electron chi connectivity index (χ1n) is 32.7. The molecule has 0 aromatic carbocycles. The van der Waals surface area contributed by atoms with Crippen molar-refractivity contribution in [3.05, 3.63) is 12.2 Å². The molecule has 0 aromatic rings. The molecule has 0 N–H and O–H groups in total. The van der Waals surface area contributed by atoms with Gasteiger partial charge in [0.2, 0.25) is 0 Å². The van der Waals surface area contributed by atoms with E-state index in [9.17, 15) is 14.4 Å². The van der Waals surface area contributed by atoms with Crippen LogP contribution in [-0.4, -0.2) is 37.2 Å². The number of carbonyl (C=O) groups is 3. The summed E-state index contributed by atoms with van der Waals surface area (Å²) in [5.41, 5.74) is 0. The summed E-state index contributed by atoms with van der Waals surface area (Å²) in [4.78, 5) is 38.3. The van der Waals surface area contributed by atoms with Gasteiger partial charge in [-0.05, 0) is 44.9 Å². The molecule has 0 aliphatic carbocycles. The average Bonchev–Trinajstić information content (AvgIpc) is 3.38. The molecule has 0 fully saturated rings. The first-order valence-corrected chi connectivity index (χ1v) is 32.7. The van der Waals surface area contributed by atoms with Crippen LogP contribution in [0, 0.1) is 0 Å². The minimum Gasteiger partial charge on any atom is -0.462 e.